The van der Waals surface area contributed by atoms with Crippen molar-refractivity contribution in [2.45, 2.75) is 32.4 Å². The summed E-state index contributed by atoms with van der Waals surface area (Å²) < 4.78 is 0. The average Bonchev–Trinajstić information content (AvgIpc) is 3.16. The van der Waals surface area contributed by atoms with E-state index < -0.39 is 11.8 Å². The Bertz CT molecular complexity index is 740. The van der Waals surface area contributed by atoms with Gasteiger partial charge < -0.3 is 5.32 Å². The normalized spacial score (nSPS) is 10.9. The van der Waals surface area contributed by atoms with E-state index in [1.54, 1.807) is 38.9 Å². The first kappa shape index (κ1) is 23.5. The van der Waals surface area contributed by atoms with Crippen molar-refractivity contribution in [3.05, 3.63) is 16.1 Å². The van der Waals surface area contributed by atoms with E-state index in [0.717, 1.165) is 16.3 Å². The summed E-state index contributed by atoms with van der Waals surface area (Å²) in [4.78, 5) is 32.9. The maximum atomic E-state index is 12.0. The molecule has 28 heavy (non-hydrogen) atoms. The molecule has 0 fully saturated rings. The summed E-state index contributed by atoms with van der Waals surface area (Å²) in [6, 6.07) is 0. The summed E-state index contributed by atoms with van der Waals surface area (Å²) >= 11 is 2.86. The average molecular weight is 425 g/mol. The molecule has 0 aliphatic heterocycles. The quantitative estimate of drug-likeness (QED) is 0.151. The predicted molar refractivity (Wildman–Crippen MR) is 111 cm³/mol. The van der Waals surface area contributed by atoms with E-state index in [2.05, 4.69) is 26.1 Å². The number of carbonyl (C=O) groups excluding carboxylic acids is 2. The number of nitriles is 1. The first-order valence-corrected chi connectivity index (χ1v) is 10.6. The van der Waals surface area contributed by atoms with E-state index in [9.17, 15) is 9.59 Å². The van der Waals surface area contributed by atoms with E-state index in [1.165, 1.54) is 11.3 Å². The fourth-order valence-electron chi connectivity index (χ4n) is 1.98. The number of thioether (sulfide) groups is 1. The van der Waals surface area contributed by atoms with Crippen molar-refractivity contribution in [1.82, 2.24) is 26.1 Å². The number of imide groups is 1. The fraction of sp³-hybridized carbons (Fsp3) is 0.500. The zero-order chi connectivity index (χ0) is 20.9. The van der Waals surface area contributed by atoms with Gasteiger partial charge in [0.15, 0.2) is 10.8 Å². The van der Waals surface area contributed by atoms with Crippen LogP contribution in [0.2, 0.25) is 0 Å². The number of carbonyl (C=O) groups is 2. The van der Waals surface area contributed by atoms with Crippen molar-refractivity contribution >= 4 is 46.7 Å². The van der Waals surface area contributed by atoms with Crippen molar-refractivity contribution < 1.29 is 9.59 Å². The molecule has 1 aromatic rings. The molecule has 2 amide bonds. The first-order valence-electron chi connectivity index (χ1n) is 8.58. The van der Waals surface area contributed by atoms with Gasteiger partial charge in [0.2, 0.25) is 24.0 Å². The van der Waals surface area contributed by atoms with E-state index in [4.69, 9.17) is 10.7 Å². The van der Waals surface area contributed by atoms with Crippen molar-refractivity contribution in [1.29, 1.82) is 10.7 Å². The van der Waals surface area contributed by atoms with Crippen LogP contribution in [0.5, 0.6) is 0 Å². The zero-order valence-corrected chi connectivity index (χ0v) is 17.7. The van der Waals surface area contributed by atoms with Gasteiger partial charge in [-0.2, -0.15) is 17.0 Å². The molecule has 0 aromatic carbocycles. The molecule has 0 bridgehead atoms. The van der Waals surface area contributed by atoms with Crippen LogP contribution in [0.15, 0.2) is 10.4 Å². The van der Waals surface area contributed by atoms with Crippen LogP contribution in [0.1, 0.15) is 37.4 Å². The lowest BCUT2D eigenvalue weighted by Crippen LogP contribution is -2.44. The number of hydrazine groups is 1. The molecule has 4 N–H and O–H groups in total. The fourth-order valence-corrected chi connectivity index (χ4v) is 3.59. The summed E-state index contributed by atoms with van der Waals surface area (Å²) in [5, 5.41) is 21.9. The second-order valence-corrected chi connectivity index (χ2v) is 7.20. The molecule has 0 saturated carbocycles. The Kier molecular flexibility index (Phi) is 10.8. The number of hydrogen-bond acceptors (Lipinski definition) is 9. The maximum absolute atomic E-state index is 12.0. The molecule has 0 aliphatic carbocycles. The van der Waals surface area contributed by atoms with E-state index >= 15 is 0 Å². The minimum Gasteiger partial charge on any atom is -0.354 e. The molecule has 1 heterocycles. The summed E-state index contributed by atoms with van der Waals surface area (Å²) in [5.41, 5.74) is 6.17. The van der Waals surface area contributed by atoms with E-state index in [-0.39, 0.29) is 18.7 Å². The lowest BCUT2D eigenvalue weighted by molar-refractivity contribution is -0.139. The third kappa shape index (κ3) is 7.26. The second kappa shape index (κ2) is 12.8. The molecule has 1 aromatic heterocycles. The van der Waals surface area contributed by atoms with Crippen LogP contribution < -0.4 is 16.2 Å². The highest BCUT2D eigenvalue weighted by Gasteiger charge is 2.26. The Morgan fingerprint density at radius 2 is 2.07 bits per heavy atom. The minimum atomic E-state index is -0.404. The van der Waals surface area contributed by atoms with Gasteiger partial charge in [0.1, 0.15) is 0 Å². The summed E-state index contributed by atoms with van der Waals surface area (Å²) in [5.74, 6) is 0.736. The monoisotopic (exact) mass is 424 g/mol. The molecule has 0 spiro atoms. The topological polar surface area (TPSA) is 146 Å². The van der Waals surface area contributed by atoms with Crippen molar-refractivity contribution in [3.63, 3.8) is 0 Å². The van der Waals surface area contributed by atoms with Gasteiger partial charge >= 0.3 is 0 Å². The molecule has 0 saturated heterocycles. The number of nitrogens with one attached hydrogen (secondary N) is 4. The Morgan fingerprint density at radius 1 is 1.39 bits per heavy atom. The van der Waals surface area contributed by atoms with E-state index in [0.29, 0.717) is 23.3 Å². The van der Waals surface area contributed by atoms with Gasteiger partial charge in [-0.3, -0.25) is 20.4 Å². The first-order chi connectivity index (χ1) is 13.5. The molecular formula is C16H24N8O2S2. The lowest BCUT2D eigenvalue weighted by Gasteiger charge is -2.18. The molecule has 10 nitrogen and oxygen atoms in total. The van der Waals surface area contributed by atoms with Gasteiger partial charge in [0, 0.05) is 43.3 Å². The summed E-state index contributed by atoms with van der Waals surface area (Å²) in [6.07, 6.45) is 2.00. The number of nitrogens with zero attached hydrogens (tertiary/aromatic N) is 4. The third-order valence-electron chi connectivity index (χ3n) is 3.28. The lowest BCUT2D eigenvalue weighted by atomic mass is 10.3. The molecule has 0 atom stereocenters. The Labute approximate surface area is 172 Å². The van der Waals surface area contributed by atoms with Gasteiger partial charge in [-0.25, -0.2) is 15.3 Å². The van der Waals surface area contributed by atoms with Crippen molar-refractivity contribution in [2.75, 3.05) is 19.3 Å². The number of hydrogen-bond donors (Lipinski definition) is 4. The van der Waals surface area contributed by atoms with E-state index in [1.807, 2.05) is 5.38 Å². The zero-order valence-electron chi connectivity index (χ0n) is 16.0. The van der Waals surface area contributed by atoms with Crippen molar-refractivity contribution in [2.24, 2.45) is 4.99 Å². The predicted octanol–water partition coefficient (Wildman–Crippen LogP) is 1.03. The van der Waals surface area contributed by atoms with Gasteiger partial charge in [-0.15, -0.1) is 16.3 Å². The van der Waals surface area contributed by atoms with Crippen LogP contribution in [0.3, 0.4) is 0 Å². The van der Waals surface area contributed by atoms with Gasteiger partial charge in [0.05, 0.1) is 5.69 Å². The smallest absolute Gasteiger partial charge is 0.234 e. The SMILES string of the molecule is CCC(=O)N(C(=N)c1nc(CSCCN/C(=N/C#N)NNC)cs1)C(=O)CC. The maximum Gasteiger partial charge on any atom is 0.234 e. The molecule has 0 aliphatic rings. The van der Waals surface area contributed by atoms with Crippen LogP contribution >= 0.6 is 23.1 Å². The molecule has 1 rings (SSSR count). The molecule has 0 radical (unpaired) electrons. The number of amidine groups is 1. The van der Waals surface area contributed by atoms with Crippen LogP contribution in [0.4, 0.5) is 0 Å². The number of thiazole rings is 1. The molecule has 12 heteroatoms. The number of aromatic nitrogens is 1. The third-order valence-corrected chi connectivity index (χ3v) is 5.17. The van der Waals surface area contributed by atoms with Gasteiger partial charge in [-0.05, 0) is 0 Å². The van der Waals surface area contributed by atoms with Crippen LogP contribution in [-0.2, 0) is 15.3 Å². The highest BCUT2D eigenvalue weighted by Crippen LogP contribution is 2.18. The molecule has 152 valence electrons. The number of aliphatic imine (C=N–C) groups is 1. The van der Waals surface area contributed by atoms with Gasteiger partial charge in [-0.1, -0.05) is 13.8 Å². The second-order valence-electron chi connectivity index (χ2n) is 5.24. The largest absolute Gasteiger partial charge is 0.354 e. The molecule has 0 unspecified atom stereocenters. The van der Waals surface area contributed by atoms with Crippen LogP contribution in [0, 0.1) is 16.9 Å². The number of guanidine groups is 1. The number of rotatable bonds is 9. The highest BCUT2D eigenvalue weighted by atomic mass is 32.2. The molecular weight excluding hydrogens is 400 g/mol. The Morgan fingerprint density at radius 3 is 2.64 bits per heavy atom. The number of amides is 2. The highest BCUT2D eigenvalue weighted by molar-refractivity contribution is 7.98. The Balaban J connectivity index is 2.56. The van der Waals surface area contributed by atoms with Gasteiger partial charge in [0.25, 0.3) is 0 Å². The standard InChI is InChI=1S/C16H24N8O2S2/c1-4-12(25)24(13(26)5-2)14(18)15-22-11(9-28-15)8-27-7-6-20-16(21-10-17)23-19-3/h9,18-19H,4-8H2,1-3H3,(H2,20,21,23). The van der Waals surface area contributed by atoms with Crippen LogP contribution in [-0.4, -0.2) is 52.8 Å². The Hall–Kier alpha value is -2.49. The minimum absolute atomic E-state index is 0.148. The summed E-state index contributed by atoms with van der Waals surface area (Å²) in [7, 11) is 1.67. The van der Waals surface area contributed by atoms with Crippen molar-refractivity contribution in [3.8, 4) is 6.19 Å². The van der Waals surface area contributed by atoms with Crippen LogP contribution in [0.25, 0.3) is 0 Å². The summed E-state index contributed by atoms with van der Waals surface area (Å²) in [6.45, 7) is 3.90.